The third kappa shape index (κ3) is 5.49. The molecule has 0 saturated carbocycles. The molecule has 0 spiro atoms. The van der Waals surface area contributed by atoms with Gasteiger partial charge in [0.2, 0.25) is 0 Å². The largest absolute Gasteiger partial charge is 0.490 e. The molecule has 8 heteroatoms. The Morgan fingerprint density at radius 1 is 1.03 bits per heavy atom. The summed E-state index contributed by atoms with van der Waals surface area (Å²) in [6.45, 7) is 11.2. The molecule has 0 unspecified atom stereocenters. The summed E-state index contributed by atoms with van der Waals surface area (Å²) in [6, 6.07) is 9.99. The number of Topliss-reactive ketones (excluding diaryl/α,β-unsaturated/α-hetero) is 1. The highest BCUT2D eigenvalue weighted by molar-refractivity contribution is 8.19. The third-order valence-corrected chi connectivity index (χ3v) is 7.92. The molecule has 6 nitrogen and oxygen atoms in total. The lowest BCUT2D eigenvalue weighted by molar-refractivity contribution is -0.114. The lowest BCUT2D eigenvalue weighted by atomic mass is 10.0. The number of rotatable bonds is 8. The predicted octanol–water partition coefficient (Wildman–Crippen LogP) is 6.42. The lowest BCUT2D eigenvalue weighted by Gasteiger charge is -2.16. The van der Waals surface area contributed by atoms with E-state index in [0.717, 1.165) is 17.0 Å². The van der Waals surface area contributed by atoms with Crippen LogP contribution in [-0.4, -0.2) is 27.6 Å². The number of thioether (sulfide) groups is 1. The quantitative estimate of drug-likeness (QED) is 0.354. The molecule has 1 N–H and O–H groups in total. The number of hydrogen-bond acceptors (Lipinski definition) is 8. The highest BCUT2D eigenvalue weighted by atomic mass is 32.2. The number of aryl methyl sites for hydroxylation is 4. The Hall–Kier alpha value is -2.97. The first kappa shape index (κ1) is 25.1. The van der Waals surface area contributed by atoms with Crippen LogP contribution in [0.5, 0.6) is 11.5 Å². The third-order valence-electron chi connectivity index (χ3n) is 5.80. The molecule has 0 aliphatic carbocycles. The van der Waals surface area contributed by atoms with Crippen LogP contribution < -0.4 is 9.47 Å². The number of ketones is 1. The van der Waals surface area contributed by atoms with E-state index in [2.05, 4.69) is 43.1 Å². The molecule has 1 aliphatic rings. The summed E-state index contributed by atoms with van der Waals surface area (Å²) < 4.78 is 12.0. The number of allylic oxidation sites excluding steroid dienone is 1. The Morgan fingerprint density at radius 2 is 1.77 bits per heavy atom. The van der Waals surface area contributed by atoms with Gasteiger partial charge in [-0.1, -0.05) is 42.4 Å². The molecule has 1 saturated heterocycles. The number of benzene rings is 2. The molecule has 1 fully saturated rings. The van der Waals surface area contributed by atoms with Crippen LogP contribution in [0.2, 0.25) is 0 Å². The van der Waals surface area contributed by atoms with E-state index in [9.17, 15) is 4.79 Å². The van der Waals surface area contributed by atoms with Crippen molar-refractivity contribution >= 4 is 40.0 Å². The van der Waals surface area contributed by atoms with Gasteiger partial charge in [0.25, 0.3) is 0 Å². The normalized spacial score (nSPS) is 16.8. The van der Waals surface area contributed by atoms with Crippen LogP contribution in [0.1, 0.15) is 57.6 Å². The highest BCUT2D eigenvalue weighted by Crippen LogP contribution is 2.42. The van der Waals surface area contributed by atoms with Gasteiger partial charge < -0.3 is 9.47 Å². The summed E-state index contributed by atoms with van der Waals surface area (Å²) in [5.74, 6) is 0.523. The van der Waals surface area contributed by atoms with Crippen LogP contribution in [-0.2, 0) is 17.8 Å². The summed E-state index contributed by atoms with van der Waals surface area (Å²) in [5.41, 5.74) is 5.64. The van der Waals surface area contributed by atoms with Crippen molar-refractivity contribution < 1.29 is 14.3 Å². The number of nitrogens with zero attached hydrogens (tertiary/aromatic N) is 2. The Balaban J connectivity index is 1.56. The van der Waals surface area contributed by atoms with Gasteiger partial charge in [0.05, 0.1) is 16.6 Å². The van der Waals surface area contributed by atoms with Crippen LogP contribution in [0.25, 0.3) is 6.08 Å². The standard InChI is InChI=1S/C27H29N3O3S2/c1-6-23-29-30-27(35-23)24-25(31)22(34-26(24)28)13-18-8-9-20(21(12-18)32-7-2)33-14-19-16(4)10-15(3)11-17(19)5/h8-13,24,28H,6-7,14H2,1-5H3/b22-13-,28-26?/t24-/m0/s1. The molecule has 2 heterocycles. The topological polar surface area (TPSA) is 85.2 Å². The van der Waals surface area contributed by atoms with Gasteiger partial charge in [-0.05, 0) is 74.6 Å². The number of aromatic nitrogens is 2. The fraction of sp³-hybridized carbons (Fsp3) is 0.333. The molecule has 0 radical (unpaired) electrons. The van der Waals surface area contributed by atoms with Crippen molar-refractivity contribution in [3.8, 4) is 11.5 Å². The van der Waals surface area contributed by atoms with Gasteiger partial charge in [0.15, 0.2) is 17.3 Å². The van der Waals surface area contributed by atoms with Crippen LogP contribution >= 0.6 is 23.1 Å². The molecular weight excluding hydrogens is 478 g/mol. The molecule has 1 atom stereocenters. The van der Waals surface area contributed by atoms with E-state index in [0.29, 0.717) is 34.6 Å². The van der Waals surface area contributed by atoms with Gasteiger partial charge in [-0.25, -0.2) is 0 Å². The molecule has 4 rings (SSSR count). The first-order chi connectivity index (χ1) is 16.8. The molecule has 35 heavy (non-hydrogen) atoms. The van der Waals surface area contributed by atoms with Crippen molar-refractivity contribution in [3.63, 3.8) is 0 Å². The van der Waals surface area contributed by atoms with Crippen LogP contribution in [0.3, 0.4) is 0 Å². The van der Waals surface area contributed by atoms with Crippen molar-refractivity contribution in [2.45, 2.75) is 53.6 Å². The number of carbonyl (C=O) groups excluding carboxylic acids is 1. The fourth-order valence-electron chi connectivity index (χ4n) is 4.08. The van der Waals surface area contributed by atoms with Gasteiger partial charge in [-0.2, -0.15) is 0 Å². The number of nitrogens with one attached hydrogen (secondary N) is 1. The van der Waals surface area contributed by atoms with Crippen LogP contribution in [0, 0.1) is 26.2 Å². The average molecular weight is 508 g/mol. The first-order valence-electron chi connectivity index (χ1n) is 11.6. The molecule has 2 aromatic carbocycles. The number of ether oxygens (including phenoxy) is 2. The molecular formula is C27H29N3O3S2. The zero-order chi connectivity index (χ0) is 25.1. The van der Waals surface area contributed by atoms with E-state index in [1.807, 2.05) is 38.1 Å². The lowest BCUT2D eigenvalue weighted by Crippen LogP contribution is -2.11. The van der Waals surface area contributed by atoms with Gasteiger partial charge in [0.1, 0.15) is 22.5 Å². The zero-order valence-electron chi connectivity index (χ0n) is 20.6. The van der Waals surface area contributed by atoms with E-state index < -0.39 is 5.92 Å². The minimum absolute atomic E-state index is 0.109. The van der Waals surface area contributed by atoms with Crippen molar-refractivity contribution in [1.82, 2.24) is 10.2 Å². The fourth-order valence-corrected chi connectivity index (χ4v) is 6.03. The van der Waals surface area contributed by atoms with Gasteiger partial charge in [-0.3, -0.25) is 10.2 Å². The predicted molar refractivity (Wildman–Crippen MR) is 143 cm³/mol. The van der Waals surface area contributed by atoms with Crippen molar-refractivity contribution in [2.24, 2.45) is 0 Å². The molecule has 1 aromatic heterocycles. The number of hydrogen-bond donors (Lipinski definition) is 1. The SMILES string of the molecule is CCOc1cc(/C=C2\SC(=N)[C@@H](c3nnc(CC)s3)C2=O)ccc1OCc1c(C)cc(C)cc1C. The van der Waals surface area contributed by atoms with Crippen molar-refractivity contribution in [1.29, 1.82) is 5.41 Å². The summed E-state index contributed by atoms with van der Waals surface area (Å²) in [6.07, 6.45) is 2.57. The van der Waals surface area contributed by atoms with Gasteiger partial charge in [0, 0.05) is 0 Å². The maximum absolute atomic E-state index is 13.1. The zero-order valence-corrected chi connectivity index (χ0v) is 22.2. The van der Waals surface area contributed by atoms with E-state index >= 15 is 0 Å². The Morgan fingerprint density at radius 3 is 2.43 bits per heavy atom. The number of carbonyl (C=O) groups is 1. The van der Waals surface area contributed by atoms with Crippen molar-refractivity contribution in [2.75, 3.05) is 6.61 Å². The highest BCUT2D eigenvalue weighted by Gasteiger charge is 2.39. The van der Waals surface area contributed by atoms with E-state index in [1.165, 1.54) is 45.4 Å². The Kier molecular flexibility index (Phi) is 7.72. The molecule has 0 amide bonds. The minimum atomic E-state index is -0.654. The minimum Gasteiger partial charge on any atom is -0.490 e. The van der Waals surface area contributed by atoms with Gasteiger partial charge >= 0.3 is 0 Å². The molecule has 182 valence electrons. The monoisotopic (exact) mass is 507 g/mol. The summed E-state index contributed by atoms with van der Waals surface area (Å²) in [4.78, 5) is 13.6. The maximum Gasteiger partial charge on any atom is 0.186 e. The molecule has 3 aromatic rings. The van der Waals surface area contributed by atoms with E-state index in [1.54, 1.807) is 0 Å². The maximum atomic E-state index is 13.1. The second kappa shape index (κ2) is 10.7. The second-order valence-electron chi connectivity index (χ2n) is 8.46. The van der Waals surface area contributed by atoms with E-state index in [-0.39, 0.29) is 10.8 Å². The Bertz CT molecular complexity index is 1290. The Labute approximate surface area is 214 Å². The summed E-state index contributed by atoms with van der Waals surface area (Å²) >= 11 is 2.59. The summed E-state index contributed by atoms with van der Waals surface area (Å²) in [5, 5.41) is 18.4. The first-order valence-corrected chi connectivity index (χ1v) is 13.2. The van der Waals surface area contributed by atoms with E-state index in [4.69, 9.17) is 14.9 Å². The van der Waals surface area contributed by atoms with Crippen LogP contribution in [0.15, 0.2) is 35.2 Å². The average Bonchev–Trinajstić information content (AvgIpc) is 3.38. The van der Waals surface area contributed by atoms with Gasteiger partial charge in [-0.15, -0.1) is 21.5 Å². The summed E-state index contributed by atoms with van der Waals surface area (Å²) in [7, 11) is 0. The molecule has 0 bridgehead atoms. The smallest absolute Gasteiger partial charge is 0.186 e. The van der Waals surface area contributed by atoms with Crippen molar-refractivity contribution in [3.05, 3.63) is 73.1 Å². The van der Waals surface area contributed by atoms with Crippen LogP contribution in [0.4, 0.5) is 0 Å². The molecule has 1 aliphatic heterocycles. The second-order valence-corrected chi connectivity index (χ2v) is 10.6.